The molecule has 1 nitrogen and oxygen atoms in total. The van der Waals surface area contributed by atoms with E-state index in [1.54, 1.807) is 0 Å². The van der Waals surface area contributed by atoms with E-state index in [0.29, 0.717) is 0 Å². The van der Waals surface area contributed by atoms with Crippen LogP contribution in [0.2, 0.25) is 16.6 Å². The lowest BCUT2D eigenvalue weighted by molar-refractivity contribution is 0.798. The van der Waals surface area contributed by atoms with Gasteiger partial charge in [-0.15, -0.1) is 0 Å². The second-order valence-corrected chi connectivity index (χ2v) is 15.3. The molecule has 2 heteroatoms. The van der Waals surface area contributed by atoms with Crippen molar-refractivity contribution in [3.05, 3.63) is 65.7 Å². The number of hydrogen-bond acceptors (Lipinski definition) is 1. The van der Waals surface area contributed by atoms with Crippen LogP contribution in [0.3, 0.4) is 0 Å². The fraction of sp³-hybridized carbons (Fsp3) is 0.423. The van der Waals surface area contributed by atoms with E-state index in [1.807, 2.05) is 0 Å². The maximum absolute atomic E-state index is 5.03. The monoisotopic (exact) mass is 389 g/mol. The molecule has 148 valence electrons. The summed E-state index contributed by atoms with van der Waals surface area (Å²) in [5.74, 6) is 0. The molecule has 0 saturated carbocycles. The van der Waals surface area contributed by atoms with E-state index in [-0.39, 0.29) is 0 Å². The molecule has 0 unspecified atom stereocenters. The minimum absolute atomic E-state index is 0.751. The molecule has 0 aliphatic rings. The third-order valence-electron chi connectivity index (χ3n) is 6.84. The minimum atomic E-state index is -1.55. The van der Waals surface area contributed by atoms with Gasteiger partial charge in [0.1, 0.15) is 0 Å². The first-order chi connectivity index (χ1) is 13.3. The minimum Gasteiger partial charge on any atom is -0.248 e. The van der Waals surface area contributed by atoms with Gasteiger partial charge in [-0.25, -0.2) is 4.98 Å². The van der Waals surface area contributed by atoms with Crippen LogP contribution >= 0.6 is 0 Å². The number of fused-ring (bicyclic) bond motifs is 1. The van der Waals surface area contributed by atoms with Gasteiger partial charge < -0.3 is 0 Å². The number of aromatic nitrogens is 1. The predicted molar refractivity (Wildman–Crippen MR) is 127 cm³/mol. The Hall–Kier alpha value is -1.93. The normalized spacial score (nSPS) is 12.5. The van der Waals surface area contributed by atoms with Crippen molar-refractivity contribution in [3.63, 3.8) is 0 Å². The SMILES string of the molecule is Cc1ccc2nc(-c3ccccc3)cc(C[Si](C(C)C)(C(C)C)C(C)C)c2c1. The van der Waals surface area contributed by atoms with Crippen LogP contribution in [0.25, 0.3) is 22.2 Å². The van der Waals surface area contributed by atoms with E-state index in [2.05, 4.69) is 103 Å². The lowest BCUT2D eigenvalue weighted by Gasteiger charge is -2.43. The Kier molecular flexibility index (Phi) is 6.09. The van der Waals surface area contributed by atoms with Crippen LogP contribution < -0.4 is 0 Å². The third kappa shape index (κ3) is 3.80. The predicted octanol–water partition coefficient (Wildman–Crippen LogP) is 7.97. The quantitative estimate of drug-likeness (QED) is 0.389. The van der Waals surface area contributed by atoms with E-state index in [9.17, 15) is 0 Å². The maximum atomic E-state index is 5.03. The lowest BCUT2D eigenvalue weighted by Crippen LogP contribution is -2.47. The van der Waals surface area contributed by atoms with Gasteiger partial charge in [-0.05, 0) is 36.7 Å². The van der Waals surface area contributed by atoms with E-state index < -0.39 is 8.07 Å². The number of pyridine rings is 1. The Morgan fingerprint density at radius 1 is 0.786 bits per heavy atom. The molecule has 1 heterocycles. The molecule has 3 rings (SSSR count). The highest BCUT2D eigenvalue weighted by molar-refractivity contribution is 6.83. The van der Waals surface area contributed by atoms with Gasteiger partial charge in [0.05, 0.1) is 19.3 Å². The van der Waals surface area contributed by atoms with Gasteiger partial charge in [0, 0.05) is 10.9 Å². The van der Waals surface area contributed by atoms with Crippen molar-refractivity contribution in [2.75, 3.05) is 0 Å². The van der Waals surface area contributed by atoms with Crippen LogP contribution in [-0.2, 0) is 6.04 Å². The number of hydrogen-bond donors (Lipinski definition) is 0. The first kappa shape index (κ1) is 20.8. The summed E-state index contributed by atoms with van der Waals surface area (Å²) in [6.45, 7) is 16.9. The van der Waals surface area contributed by atoms with Crippen molar-refractivity contribution < 1.29 is 0 Å². The van der Waals surface area contributed by atoms with Crippen molar-refractivity contribution in [2.45, 2.75) is 71.1 Å². The molecule has 0 radical (unpaired) electrons. The first-order valence-corrected chi connectivity index (χ1v) is 13.1. The fourth-order valence-electron chi connectivity index (χ4n) is 5.25. The van der Waals surface area contributed by atoms with Crippen LogP contribution in [0.1, 0.15) is 52.7 Å². The molecule has 3 aromatic rings. The van der Waals surface area contributed by atoms with Gasteiger partial charge in [0.25, 0.3) is 0 Å². The molecule has 0 fully saturated rings. The molecule has 0 aliphatic carbocycles. The molecule has 0 N–H and O–H groups in total. The summed E-state index contributed by atoms with van der Waals surface area (Å²) in [5.41, 5.74) is 8.50. The van der Waals surface area contributed by atoms with Crippen molar-refractivity contribution in [1.82, 2.24) is 4.98 Å². The molecule has 2 aromatic carbocycles. The van der Waals surface area contributed by atoms with Crippen molar-refractivity contribution in [3.8, 4) is 11.3 Å². The Bertz CT molecular complexity index is 920. The lowest BCUT2D eigenvalue weighted by atomic mass is 10.0. The smallest absolute Gasteiger partial charge is 0.0712 e. The molecule has 0 saturated heterocycles. The molecule has 0 amide bonds. The van der Waals surface area contributed by atoms with Crippen LogP contribution in [0.15, 0.2) is 54.6 Å². The molecule has 0 bridgehead atoms. The van der Waals surface area contributed by atoms with Crippen molar-refractivity contribution >= 4 is 19.0 Å². The summed E-state index contributed by atoms with van der Waals surface area (Å²) in [6.07, 6.45) is 0. The van der Waals surface area contributed by atoms with Crippen LogP contribution in [0, 0.1) is 6.92 Å². The number of rotatable bonds is 6. The second kappa shape index (κ2) is 8.20. The first-order valence-electron chi connectivity index (χ1n) is 10.7. The summed E-state index contributed by atoms with van der Waals surface area (Å²) in [6, 6.07) is 20.9. The largest absolute Gasteiger partial charge is 0.248 e. The average Bonchev–Trinajstić information content (AvgIpc) is 2.65. The Labute approximate surface area is 172 Å². The highest BCUT2D eigenvalue weighted by Crippen LogP contribution is 2.44. The van der Waals surface area contributed by atoms with E-state index >= 15 is 0 Å². The van der Waals surface area contributed by atoms with Crippen molar-refractivity contribution in [2.24, 2.45) is 0 Å². The van der Waals surface area contributed by atoms with Crippen molar-refractivity contribution in [1.29, 1.82) is 0 Å². The second-order valence-electron chi connectivity index (χ2n) is 9.31. The topological polar surface area (TPSA) is 12.9 Å². The van der Waals surface area contributed by atoms with Crippen LogP contribution in [0.5, 0.6) is 0 Å². The summed E-state index contributed by atoms with van der Waals surface area (Å²) >= 11 is 0. The van der Waals surface area contributed by atoms with Crippen LogP contribution in [-0.4, -0.2) is 13.1 Å². The van der Waals surface area contributed by atoms with E-state index in [4.69, 9.17) is 4.98 Å². The Morgan fingerprint density at radius 3 is 1.96 bits per heavy atom. The Balaban J connectivity index is 2.24. The Morgan fingerprint density at radius 2 is 1.39 bits per heavy atom. The van der Waals surface area contributed by atoms with Gasteiger partial charge in [-0.1, -0.05) is 100 Å². The van der Waals surface area contributed by atoms with Gasteiger partial charge in [0.15, 0.2) is 0 Å². The number of nitrogens with zero attached hydrogens (tertiary/aromatic N) is 1. The van der Waals surface area contributed by atoms with Gasteiger partial charge in [-0.2, -0.15) is 0 Å². The van der Waals surface area contributed by atoms with Gasteiger partial charge >= 0.3 is 0 Å². The highest BCUT2D eigenvalue weighted by Gasteiger charge is 2.42. The molecule has 0 atom stereocenters. The molecule has 0 aliphatic heterocycles. The third-order valence-corrected chi connectivity index (χ3v) is 14.3. The molecule has 0 spiro atoms. The van der Waals surface area contributed by atoms with E-state index in [1.165, 1.54) is 28.1 Å². The number of aryl methyl sites for hydroxylation is 1. The summed E-state index contributed by atoms with van der Waals surface area (Å²) in [4.78, 5) is 5.03. The zero-order valence-electron chi connectivity index (χ0n) is 18.6. The highest BCUT2D eigenvalue weighted by atomic mass is 28.3. The number of benzene rings is 2. The summed E-state index contributed by atoms with van der Waals surface area (Å²) < 4.78 is 0. The fourth-order valence-corrected chi connectivity index (χ4v) is 11.4. The van der Waals surface area contributed by atoms with Gasteiger partial charge in [0.2, 0.25) is 0 Å². The summed E-state index contributed by atoms with van der Waals surface area (Å²) in [5, 5.41) is 1.35. The van der Waals surface area contributed by atoms with Crippen LogP contribution in [0.4, 0.5) is 0 Å². The molecule has 1 aromatic heterocycles. The van der Waals surface area contributed by atoms with Gasteiger partial charge in [-0.3, -0.25) is 0 Å². The molecular weight excluding hydrogens is 354 g/mol. The molecular formula is C26H35NSi. The zero-order valence-corrected chi connectivity index (χ0v) is 19.6. The summed E-state index contributed by atoms with van der Waals surface area (Å²) in [7, 11) is -1.55. The zero-order chi connectivity index (χ0) is 20.5. The van der Waals surface area contributed by atoms with E-state index in [0.717, 1.165) is 27.8 Å². The maximum Gasteiger partial charge on any atom is 0.0712 e. The standard InChI is InChI=1S/C26H35NSi/c1-18(2)28(19(3)4,20(5)6)17-23-16-26(22-11-9-8-10-12-22)27-25-14-13-21(7)15-24(23)25/h8-16,18-20H,17H2,1-7H3. The average molecular weight is 390 g/mol. The molecule has 28 heavy (non-hydrogen) atoms.